The summed E-state index contributed by atoms with van der Waals surface area (Å²) in [5, 5.41) is 10.0. The molecule has 2 heterocycles. The maximum absolute atomic E-state index is 13.7. The standard InChI is InChI=1S/C28H38N2O5.C21H32N2O5/c1-20(2)30(23-13-10-16-29(18-23)27(32)35-28(3,4)5)26(31)22-14-15-24(33-6)25(17-22)34-19-21-11-8-7-9-12-21;1-14(2)23(19(25)15-9-10-18(27-6)17(24)12-15)16-8-7-11-22(13-16)20(26)28-21(3,4)5/h7-9,11-12,14-15,17,20,23H,10,13,16,18-19H2,1-6H3;9-10,12,14,16,24H,7-8,11,13H2,1-6H3/t23-;16-/m11/s1. The number of phenolic OH excluding ortho intramolecular Hbond substituents is 1. The van der Waals surface area contributed by atoms with Gasteiger partial charge in [0.25, 0.3) is 11.8 Å². The van der Waals surface area contributed by atoms with Crippen molar-refractivity contribution in [1.29, 1.82) is 0 Å². The van der Waals surface area contributed by atoms with Crippen LogP contribution in [0, 0.1) is 0 Å². The van der Waals surface area contributed by atoms with Crippen molar-refractivity contribution in [3.8, 4) is 23.0 Å². The highest BCUT2D eigenvalue weighted by Gasteiger charge is 2.36. The fourth-order valence-electron chi connectivity index (χ4n) is 7.77. The van der Waals surface area contributed by atoms with Crippen molar-refractivity contribution in [3.63, 3.8) is 0 Å². The fourth-order valence-corrected chi connectivity index (χ4v) is 7.77. The third-order valence-corrected chi connectivity index (χ3v) is 10.5. The van der Waals surface area contributed by atoms with Crippen LogP contribution in [0.15, 0.2) is 66.7 Å². The molecule has 14 nitrogen and oxygen atoms in total. The van der Waals surface area contributed by atoms with E-state index < -0.39 is 11.2 Å². The minimum Gasteiger partial charge on any atom is -0.504 e. The molecule has 0 bridgehead atoms. The molecular weight excluding hydrogens is 805 g/mol. The second kappa shape index (κ2) is 22.1. The summed E-state index contributed by atoms with van der Waals surface area (Å²) in [5.74, 6) is 1.07. The molecule has 0 aromatic heterocycles. The molecule has 1 N–H and O–H groups in total. The van der Waals surface area contributed by atoms with Gasteiger partial charge < -0.3 is 48.4 Å². The normalized spacial score (nSPS) is 16.7. The number of phenols is 1. The second-order valence-corrected chi connectivity index (χ2v) is 18.6. The number of carbonyl (C=O) groups is 4. The molecule has 346 valence electrons. The van der Waals surface area contributed by atoms with Gasteiger partial charge in [-0.2, -0.15) is 0 Å². The number of benzene rings is 3. The van der Waals surface area contributed by atoms with Crippen molar-refractivity contribution >= 4 is 24.0 Å². The third-order valence-electron chi connectivity index (χ3n) is 10.5. The van der Waals surface area contributed by atoms with Gasteiger partial charge in [-0.1, -0.05) is 30.3 Å². The van der Waals surface area contributed by atoms with Crippen LogP contribution in [0.1, 0.15) is 121 Å². The summed E-state index contributed by atoms with van der Waals surface area (Å²) in [4.78, 5) is 59.1. The number of piperidine rings is 2. The van der Waals surface area contributed by atoms with Crippen LogP contribution in [0.3, 0.4) is 0 Å². The van der Waals surface area contributed by atoms with Gasteiger partial charge in [-0.3, -0.25) is 9.59 Å². The first-order chi connectivity index (χ1) is 29.6. The van der Waals surface area contributed by atoms with Crippen LogP contribution in [0.2, 0.25) is 0 Å². The SMILES string of the molecule is COc1ccc(C(=O)N(C(C)C)[C@@H]2CCCN(C(=O)OC(C)(C)C)C2)cc1O.COc1ccc(C(=O)N(C(C)C)[C@@H]2CCCN(C(=O)OC(C)(C)C)C2)cc1OCc1ccccc1. The minimum atomic E-state index is -0.559. The molecule has 0 saturated carbocycles. The number of methoxy groups -OCH3 is 2. The molecule has 14 heteroatoms. The van der Waals surface area contributed by atoms with E-state index in [1.165, 1.54) is 13.2 Å². The van der Waals surface area contributed by atoms with Crippen molar-refractivity contribution in [2.24, 2.45) is 0 Å². The topological polar surface area (TPSA) is 148 Å². The Morgan fingerprint density at radius 3 is 1.51 bits per heavy atom. The molecule has 5 rings (SSSR count). The average molecular weight is 875 g/mol. The van der Waals surface area contributed by atoms with Gasteiger partial charge >= 0.3 is 12.2 Å². The monoisotopic (exact) mass is 875 g/mol. The molecule has 0 radical (unpaired) electrons. The van der Waals surface area contributed by atoms with Crippen molar-refractivity contribution in [2.45, 2.75) is 137 Å². The Kier molecular flexibility index (Phi) is 17.5. The van der Waals surface area contributed by atoms with Gasteiger partial charge in [-0.05, 0) is 137 Å². The van der Waals surface area contributed by atoms with Crippen LogP contribution in [-0.2, 0) is 16.1 Å². The first-order valence-corrected chi connectivity index (χ1v) is 21.9. The summed E-state index contributed by atoms with van der Waals surface area (Å²) in [6.45, 7) is 21.5. The molecule has 4 amide bonds. The molecule has 2 atom stereocenters. The molecule has 0 spiro atoms. The van der Waals surface area contributed by atoms with E-state index in [0.29, 0.717) is 61.2 Å². The molecule has 2 saturated heterocycles. The van der Waals surface area contributed by atoms with E-state index in [-0.39, 0.29) is 53.9 Å². The molecule has 3 aromatic rings. The number of hydrogen-bond donors (Lipinski definition) is 1. The molecule has 2 aliphatic heterocycles. The van der Waals surface area contributed by atoms with Gasteiger partial charge in [0.2, 0.25) is 0 Å². The second-order valence-electron chi connectivity index (χ2n) is 18.6. The fraction of sp³-hybridized carbons (Fsp3) is 0.551. The zero-order valence-electron chi connectivity index (χ0n) is 39.4. The number of rotatable bonds is 11. The number of hydrogen-bond acceptors (Lipinski definition) is 10. The predicted molar refractivity (Wildman–Crippen MR) is 243 cm³/mol. The predicted octanol–water partition coefficient (Wildman–Crippen LogP) is 9.18. The summed E-state index contributed by atoms with van der Waals surface area (Å²) in [6.07, 6.45) is 2.57. The Hall–Kier alpha value is -5.66. The lowest BCUT2D eigenvalue weighted by atomic mass is 10.0. The number of nitrogens with zero attached hydrogens (tertiary/aromatic N) is 4. The molecule has 0 unspecified atom stereocenters. The first-order valence-electron chi connectivity index (χ1n) is 21.9. The summed E-state index contributed by atoms with van der Waals surface area (Å²) < 4.78 is 27.6. The molecule has 2 aliphatic rings. The Morgan fingerprint density at radius 1 is 0.651 bits per heavy atom. The third kappa shape index (κ3) is 14.4. The molecular formula is C49H70N4O10. The van der Waals surface area contributed by atoms with Crippen LogP contribution < -0.4 is 14.2 Å². The number of amides is 4. The Labute approximate surface area is 374 Å². The molecule has 3 aromatic carbocycles. The van der Waals surface area contributed by atoms with Crippen LogP contribution in [-0.4, -0.2) is 124 Å². The minimum absolute atomic E-state index is 0.0399. The zero-order valence-corrected chi connectivity index (χ0v) is 39.4. The smallest absolute Gasteiger partial charge is 0.410 e. The highest BCUT2D eigenvalue weighted by Crippen LogP contribution is 2.32. The van der Waals surface area contributed by atoms with Gasteiger partial charge in [0.05, 0.1) is 26.3 Å². The zero-order chi connectivity index (χ0) is 46.6. The lowest BCUT2D eigenvalue weighted by Gasteiger charge is -2.41. The van der Waals surface area contributed by atoms with Crippen molar-refractivity contribution in [2.75, 3.05) is 40.4 Å². The summed E-state index contributed by atoms with van der Waals surface area (Å²) in [6, 6.07) is 19.5. The van der Waals surface area contributed by atoms with E-state index in [1.807, 2.05) is 104 Å². The Morgan fingerprint density at radius 2 is 1.10 bits per heavy atom. The molecule has 0 aliphatic carbocycles. The van der Waals surface area contributed by atoms with Crippen LogP contribution in [0.25, 0.3) is 0 Å². The largest absolute Gasteiger partial charge is 0.504 e. The Bertz CT molecular complexity index is 1990. The van der Waals surface area contributed by atoms with E-state index in [9.17, 15) is 24.3 Å². The van der Waals surface area contributed by atoms with Gasteiger partial charge in [0, 0.05) is 49.4 Å². The quantitative estimate of drug-likeness (QED) is 0.198. The lowest BCUT2D eigenvalue weighted by Crippen LogP contribution is -2.54. The van der Waals surface area contributed by atoms with Crippen molar-refractivity contribution in [3.05, 3.63) is 83.4 Å². The number of likely N-dealkylation sites (tertiary alicyclic amines) is 2. The number of ether oxygens (including phenoxy) is 5. The maximum Gasteiger partial charge on any atom is 0.410 e. The van der Waals surface area contributed by atoms with Crippen LogP contribution >= 0.6 is 0 Å². The average Bonchev–Trinajstić information content (AvgIpc) is 3.22. The maximum atomic E-state index is 13.7. The van der Waals surface area contributed by atoms with Gasteiger partial charge in [-0.15, -0.1) is 0 Å². The van der Waals surface area contributed by atoms with E-state index in [1.54, 1.807) is 52.1 Å². The van der Waals surface area contributed by atoms with Crippen molar-refractivity contribution < 1.29 is 48.0 Å². The van der Waals surface area contributed by atoms with E-state index in [0.717, 1.165) is 31.2 Å². The first kappa shape index (κ1) is 50.0. The van der Waals surface area contributed by atoms with Crippen molar-refractivity contribution in [1.82, 2.24) is 19.6 Å². The lowest BCUT2D eigenvalue weighted by molar-refractivity contribution is 0.00724. The number of carbonyl (C=O) groups excluding carboxylic acids is 4. The van der Waals surface area contributed by atoms with E-state index in [4.69, 9.17) is 23.7 Å². The Balaban J connectivity index is 0.000000284. The molecule has 2 fully saturated rings. The number of aromatic hydroxyl groups is 1. The van der Waals surface area contributed by atoms with Gasteiger partial charge in [0.15, 0.2) is 23.0 Å². The van der Waals surface area contributed by atoms with Crippen LogP contribution in [0.5, 0.6) is 23.0 Å². The van der Waals surface area contributed by atoms with E-state index in [2.05, 4.69) is 0 Å². The highest BCUT2D eigenvalue weighted by atomic mass is 16.6. The highest BCUT2D eigenvalue weighted by molar-refractivity contribution is 5.96. The summed E-state index contributed by atoms with van der Waals surface area (Å²) in [7, 11) is 3.05. The molecule has 63 heavy (non-hydrogen) atoms. The van der Waals surface area contributed by atoms with Gasteiger partial charge in [-0.25, -0.2) is 9.59 Å². The van der Waals surface area contributed by atoms with Crippen LogP contribution in [0.4, 0.5) is 9.59 Å². The van der Waals surface area contributed by atoms with E-state index >= 15 is 0 Å². The van der Waals surface area contributed by atoms with Gasteiger partial charge in [0.1, 0.15) is 17.8 Å². The summed E-state index contributed by atoms with van der Waals surface area (Å²) >= 11 is 0. The summed E-state index contributed by atoms with van der Waals surface area (Å²) in [5.41, 5.74) is 0.826.